The van der Waals surface area contributed by atoms with Gasteiger partial charge in [-0.1, -0.05) is 6.92 Å². The molecule has 25 heavy (non-hydrogen) atoms. The van der Waals surface area contributed by atoms with Crippen LogP contribution in [-0.4, -0.2) is 53.6 Å². The largest absolute Gasteiger partial charge is 0.362 e. The van der Waals surface area contributed by atoms with Gasteiger partial charge in [-0.05, 0) is 57.1 Å². The van der Waals surface area contributed by atoms with Gasteiger partial charge in [0.15, 0.2) is 0 Å². The summed E-state index contributed by atoms with van der Waals surface area (Å²) in [5.74, 6) is 0.733. The fourth-order valence-corrected chi connectivity index (χ4v) is 5.74. The molecule has 4 rings (SSSR count). The van der Waals surface area contributed by atoms with Gasteiger partial charge in [-0.15, -0.1) is 11.3 Å². The van der Waals surface area contributed by atoms with Crippen molar-refractivity contribution in [1.29, 1.82) is 0 Å². The van der Waals surface area contributed by atoms with Gasteiger partial charge in [0.05, 0.1) is 5.60 Å². The lowest BCUT2D eigenvalue weighted by molar-refractivity contribution is -0.156. The van der Waals surface area contributed by atoms with Crippen LogP contribution in [0.3, 0.4) is 0 Å². The Morgan fingerprint density at radius 1 is 1.28 bits per heavy atom. The predicted octanol–water partition coefficient (Wildman–Crippen LogP) is 3.44. The first-order valence-electron chi connectivity index (χ1n) is 9.80. The number of amides is 1. The second kappa shape index (κ2) is 7.01. The Morgan fingerprint density at radius 3 is 2.76 bits per heavy atom. The maximum atomic E-state index is 12.7. The first-order valence-corrected chi connectivity index (χ1v) is 10.6. The Kier molecular flexibility index (Phi) is 4.91. The van der Waals surface area contributed by atoms with Crippen molar-refractivity contribution in [3.63, 3.8) is 0 Å². The third kappa shape index (κ3) is 3.51. The van der Waals surface area contributed by atoms with E-state index in [-0.39, 0.29) is 17.6 Å². The van der Waals surface area contributed by atoms with E-state index in [4.69, 9.17) is 4.74 Å². The van der Waals surface area contributed by atoms with Crippen LogP contribution in [0.4, 0.5) is 0 Å². The summed E-state index contributed by atoms with van der Waals surface area (Å²) in [6, 6.07) is 4.47. The van der Waals surface area contributed by atoms with E-state index in [1.54, 1.807) is 0 Å². The van der Waals surface area contributed by atoms with Crippen LogP contribution in [0, 0.1) is 12.8 Å². The fraction of sp³-hybridized carbons (Fsp3) is 0.750. The maximum absolute atomic E-state index is 12.7. The minimum absolute atomic E-state index is 0.0675. The third-order valence-corrected chi connectivity index (χ3v) is 7.34. The normalized spacial score (nSPS) is 33.4. The molecular formula is C20H30N2O2S. The summed E-state index contributed by atoms with van der Waals surface area (Å²) in [5, 5.41) is 0. The minimum Gasteiger partial charge on any atom is -0.362 e. The minimum atomic E-state index is -0.188. The summed E-state index contributed by atoms with van der Waals surface area (Å²) in [6.07, 6.45) is 5.12. The van der Waals surface area contributed by atoms with E-state index >= 15 is 0 Å². The molecule has 0 radical (unpaired) electrons. The molecule has 3 aliphatic rings. The zero-order chi connectivity index (χ0) is 17.4. The van der Waals surface area contributed by atoms with Crippen LogP contribution in [0.5, 0.6) is 0 Å². The average molecular weight is 363 g/mol. The number of ether oxygens (including phenoxy) is 1. The molecule has 0 saturated carbocycles. The quantitative estimate of drug-likeness (QED) is 0.826. The van der Waals surface area contributed by atoms with Gasteiger partial charge in [0.2, 0.25) is 0 Å². The highest BCUT2D eigenvalue weighted by Gasteiger charge is 2.49. The van der Waals surface area contributed by atoms with Crippen molar-refractivity contribution in [2.75, 3.05) is 26.2 Å². The smallest absolute Gasteiger partial charge is 0.251 e. The number of carbonyl (C=O) groups is 1. The topological polar surface area (TPSA) is 32.8 Å². The van der Waals surface area contributed by atoms with Gasteiger partial charge in [-0.2, -0.15) is 0 Å². The second-order valence-corrected chi connectivity index (χ2v) is 9.51. The van der Waals surface area contributed by atoms with Gasteiger partial charge in [-0.3, -0.25) is 9.69 Å². The molecule has 4 nitrogen and oxygen atoms in total. The number of hydrogen-bond donors (Lipinski definition) is 0. The van der Waals surface area contributed by atoms with Crippen molar-refractivity contribution >= 4 is 17.2 Å². The van der Waals surface area contributed by atoms with Crippen LogP contribution in [0.2, 0.25) is 0 Å². The second-order valence-electron chi connectivity index (χ2n) is 8.14. The highest BCUT2D eigenvalue weighted by molar-refractivity contribution is 7.11. The van der Waals surface area contributed by atoms with Gasteiger partial charge >= 0.3 is 0 Å². The SMILES string of the molecule is Cc1ccc(CN2CC[C@@]3(CCC(C(=O)N4CCCC4)O3)[C@H](C)C2)s1. The number of hydrogen-bond acceptors (Lipinski definition) is 4. The van der Waals surface area contributed by atoms with Crippen molar-refractivity contribution in [1.82, 2.24) is 9.80 Å². The molecular weight excluding hydrogens is 332 g/mol. The Bertz CT molecular complexity index is 625. The molecule has 3 saturated heterocycles. The van der Waals surface area contributed by atoms with Crippen LogP contribution in [0.15, 0.2) is 12.1 Å². The molecule has 0 bridgehead atoms. The summed E-state index contributed by atoms with van der Waals surface area (Å²) in [4.78, 5) is 20.1. The van der Waals surface area contributed by atoms with Crippen LogP contribution < -0.4 is 0 Å². The van der Waals surface area contributed by atoms with Crippen LogP contribution in [0.1, 0.15) is 48.8 Å². The molecule has 1 amide bonds. The first kappa shape index (κ1) is 17.5. The monoisotopic (exact) mass is 362 g/mol. The van der Waals surface area contributed by atoms with E-state index in [1.807, 2.05) is 16.2 Å². The molecule has 1 aromatic heterocycles. The van der Waals surface area contributed by atoms with E-state index in [1.165, 1.54) is 9.75 Å². The van der Waals surface area contributed by atoms with Gasteiger partial charge in [0, 0.05) is 42.5 Å². The summed E-state index contributed by atoms with van der Waals surface area (Å²) in [6.45, 7) is 9.54. The molecule has 0 aliphatic carbocycles. The molecule has 5 heteroatoms. The van der Waals surface area contributed by atoms with Gasteiger partial charge in [0.25, 0.3) is 5.91 Å². The molecule has 0 N–H and O–H groups in total. The number of piperidine rings is 1. The van der Waals surface area contributed by atoms with E-state index in [0.717, 1.165) is 64.8 Å². The number of nitrogens with zero attached hydrogens (tertiary/aromatic N) is 2. The Morgan fingerprint density at radius 2 is 2.08 bits per heavy atom. The Hall–Kier alpha value is -0.910. The molecule has 4 heterocycles. The van der Waals surface area contributed by atoms with E-state index in [9.17, 15) is 4.79 Å². The molecule has 1 aromatic rings. The van der Waals surface area contributed by atoms with Gasteiger partial charge < -0.3 is 9.64 Å². The predicted molar refractivity (Wildman–Crippen MR) is 101 cm³/mol. The number of carbonyl (C=O) groups excluding carboxylic acids is 1. The first-order chi connectivity index (χ1) is 12.1. The Balaban J connectivity index is 1.35. The van der Waals surface area contributed by atoms with Gasteiger partial charge in [0.1, 0.15) is 6.10 Å². The van der Waals surface area contributed by atoms with Crippen molar-refractivity contribution in [3.05, 3.63) is 21.9 Å². The number of aryl methyl sites for hydroxylation is 1. The number of rotatable bonds is 3. The fourth-order valence-electron chi connectivity index (χ4n) is 4.81. The standard InChI is InChI=1S/C20H30N2O2S/c1-15-13-21(14-17-6-5-16(2)25-17)12-9-20(15)8-7-18(24-20)19(23)22-10-3-4-11-22/h5-6,15,18H,3-4,7-14H2,1-2H3/t15-,18?,20+/m1/s1. The van der Waals surface area contributed by atoms with Crippen LogP contribution in [-0.2, 0) is 16.1 Å². The summed E-state index contributed by atoms with van der Waals surface area (Å²) < 4.78 is 6.46. The molecule has 138 valence electrons. The highest BCUT2D eigenvalue weighted by atomic mass is 32.1. The third-order valence-electron chi connectivity index (χ3n) is 6.36. The van der Waals surface area contributed by atoms with Crippen LogP contribution >= 0.6 is 11.3 Å². The average Bonchev–Trinajstić information content (AvgIpc) is 3.33. The summed E-state index contributed by atoms with van der Waals surface area (Å²) >= 11 is 1.90. The molecule has 0 aromatic carbocycles. The van der Waals surface area contributed by atoms with Crippen LogP contribution in [0.25, 0.3) is 0 Å². The zero-order valence-electron chi connectivity index (χ0n) is 15.5. The number of likely N-dealkylation sites (tertiary alicyclic amines) is 2. The van der Waals surface area contributed by atoms with E-state index in [2.05, 4.69) is 30.9 Å². The summed E-state index contributed by atoms with van der Waals surface area (Å²) in [7, 11) is 0. The lowest BCUT2D eigenvalue weighted by atomic mass is 9.80. The summed E-state index contributed by atoms with van der Waals surface area (Å²) in [5.41, 5.74) is -0.0675. The van der Waals surface area contributed by atoms with Crippen molar-refractivity contribution < 1.29 is 9.53 Å². The molecule has 3 atom stereocenters. The lowest BCUT2D eigenvalue weighted by Gasteiger charge is -2.44. The maximum Gasteiger partial charge on any atom is 0.251 e. The Labute approximate surface area is 155 Å². The highest BCUT2D eigenvalue weighted by Crippen LogP contribution is 2.43. The van der Waals surface area contributed by atoms with Crippen molar-refractivity contribution in [3.8, 4) is 0 Å². The zero-order valence-corrected chi connectivity index (χ0v) is 16.3. The van der Waals surface area contributed by atoms with Crippen molar-refractivity contribution in [2.45, 2.75) is 64.2 Å². The molecule has 3 aliphatic heterocycles. The van der Waals surface area contributed by atoms with Crippen molar-refractivity contribution in [2.24, 2.45) is 5.92 Å². The lowest BCUT2D eigenvalue weighted by Crippen LogP contribution is -2.51. The molecule has 3 fully saturated rings. The van der Waals surface area contributed by atoms with Gasteiger partial charge in [-0.25, -0.2) is 0 Å². The molecule has 1 spiro atoms. The van der Waals surface area contributed by atoms with E-state index < -0.39 is 0 Å². The molecule has 1 unspecified atom stereocenters. The van der Waals surface area contributed by atoms with E-state index in [0.29, 0.717) is 5.92 Å². The number of thiophene rings is 1.